The van der Waals surface area contributed by atoms with Crippen molar-refractivity contribution in [2.75, 3.05) is 32.7 Å². The highest BCUT2D eigenvalue weighted by atomic mass is 16.6. The second-order valence-electron chi connectivity index (χ2n) is 10.1. The molecule has 2 atom stereocenters. The van der Waals surface area contributed by atoms with Gasteiger partial charge in [-0.15, -0.1) is 0 Å². The van der Waals surface area contributed by atoms with Gasteiger partial charge in [0, 0.05) is 32.7 Å². The number of carbonyl (C=O) groups is 4. The monoisotopic (exact) mass is 496 g/mol. The number of piperazine rings is 1. The number of ether oxygens (including phenoxy) is 1. The summed E-state index contributed by atoms with van der Waals surface area (Å²) in [6.45, 7) is 9.51. The molecule has 12 nitrogen and oxygen atoms in total. The average molecular weight is 497 g/mol. The molecular weight excluding hydrogens is 456 g/mol. The average Bonchev–Trinajstić information content (AvgIpc) is 2.75. The fourth-order valence-corrected chi connectivity index (χ4v) is 4.54. The smallest absolute Gasteiger partial charge is 0.410 e. The third-order valence-electron chi connectivity index (χ3n) is 6.19. The number of guanidine groups is 1. The number of β-lactam (4-membered cyclic amide) rings is 1. The van der Waals surface area contributed by atoms with Gasteiger partial charge < -0.3 is 31.1 Å². The second-order valence-corrected chi connectivity index (χ2v) is 10.1. The Balaban J connectivity index is 1.90. The molecule has 0 aromatic heterocycles. The number of carboxylic acid groups (broad SMARTS) is 1. The molecule has 0 aliphatic carbocycles. The van der Waals surface area contributed by atoms with E-state index in [2.05, 4.69) is 32.7 Å². The first-order valence-corrected chi connectivity index (χ1v) is 12.3. The van der Waals surface area contributed by atoms with Crippen molar-refractivity contribution in [3.8, 4) is 0 Å². The summed E-state index contributed by atoms with van der Waals surface area (Å²) in [7, 11) is 0. The number of aliphatic carboxylic acids is 1. The van der Waals surface area contributed by atoms with Gasteiger partial charge in [0.15, 0.2) is 12.0 Å². The van der Waals surface area contributed by atoms with Crippen molar-refractivity contribution in [1.29, 1.82) is 0 Å². The maximum atomic E-state index is 12.9. The first kappa shape index (κ1) is 28.2. The number of hydrogen-bond acceptors (Lipinski definition) is 6. The van der Waals surface area contributed by atoms with Gasteiger partial charge in [0.05, 0.1) is 5.92 Å². The number of nitrogens with zero attached hydrogens (tertiary/aromatic N) is 4. The Labute approximate surface area is 206 Å². The summed E-state index contributed by atoms with van der Waals surface area (Å²) in [6.07, 6.45) is 1.68. The van der Waals surface area contributed by atoms with Crippen LogP contribution in [0.2, 0.25) is 0 Å². The Morgan fingerprint density at radius 1 is 1.03 bits per heavy atom. The van der Waals surface area contributed by atoms with E-state index in [1.165, 1.54) is 4.90 Å². The van der Waals surface area contributed by atoms with Crippen molar-refractivity contribution < 1.29 is 29.0 Å². The van der Waals surface area contributed by atoms with E-state index in [4.69, 9.17) is 16.2 Å². The molecule has 2 saturated heterocycles. The number of likely N-dealkylation sites (tertiary alicyclic amines) is 1. The number of carbonyl (C=O) groups excluding carboxylic acids is 3. The SMILES string of the molecule is CC(C)CC(CC(C)C)OC(=O)N1CCN(C(=O)N2C(=O)[C@H](CCCN=C(N)N)[C@H]2C(=O)O)CC1. The molecule has 198 valence electrons. The van der Waals surface area contributed by atoms with Crippen LogP contribution in [0.25, 0.3) is 0 Å². The molecule has 2 heterocycles. The third kappa shape index (κ3) is 7.72. The van der Waals surface area contributed by atoms with Gasteiger partial charge in [-0.1, -0.05) is 27.7 Å². The van der Waals surface area contributed by atoms with Crippen LogP contribution >= 0.6 is 0 Å². The summed E-state index contributed by atoms with van der Waals surface area (Å²) < 4.78 is 5.74. The Bertz CT molecular complexity index is 794. The molecule has 4 amide bonds. The minimum atomic E-state index is -1.23. The van der Waals surface area contributed by atoms with Crippen molar-refractivity contribution in [1.82, 2.24) is 14.7 Å². The van der Waals surface area contributed by atoms with E-state index < -0.39 is 36.0 Å². The molecule has 2 aliphatic rings. The van der Waals surface area contributed by atoms with E-state index in [0.29, 0.717) is 18.3 Å². The number of imide groups is 1. The predicted molar refractivity (Wildman–Crippen MR) is 129 cm³/mol. The highest BCUT2D eigenvalue weighted by molar-refractivity contribution is 6.07. The zero-order valence-electron chi connectivity index (χ0n) is 21.2. The van der Waals surface area contributed by atoms with Gasteiger partial charge in [-0.05, 0) is 37.5 Å². The highest BCUT2D eigenvalue weighted by Gasteiger charge is 2.55. The second kappa shape index (κ2) is 12.6. The van der Waals surface area contributed by atoms with Crippen LogP contribution in [-0.2, 0) is 14.3 Å². The summed E-state index contributed by atoms with van der Waals surface area (Å²) in [6, 6.07) is -1.86. The van der Waals surface area contributed by atoms with Crippen LogP contribution in [0.5, 0.6) is 0 Å². The molecule has 0 aromatic rings. The number of carboxylic acids is 1. The van der Waals surface area contributed by atoms with Gasteiger partial charge >= 0.3 is 18.1 Å². The predicted octanol–water partition coefficient (Wildman–Crippen LogP) is 1.29. The van der Waals surface area contributed by atoms with E-state index >= 15 is 0 Å². The molecule has 5 N–H and O–H groups in total. The lowest BCUT2D eigenvalue weighted by atomic mass is 9.84. The van der Waals surface area contributed by atoms with Crippen molar-refractivity contribution in [3.63, 3.8) is 0 Å². The molecule has 2 rings (SSSR count). The molecule has 0 unspecified atom stereocenters. The standard InChI is InChI=1S/C23H40N6O6/c1-14(2)12-16(13-15(3)4)35-23(34)28-10-8-27(9-11-28)22(33)29-18(20(31)32)17(19(29)30)6-5-7-26-21(24)25/h14-18H,5-13H2,1-4H3,(H,31,32)(H4,24,25,26)/t17-,18+/m1/s1. The Kier molecular flexibility index (Phi) is 10.1. The van der Waals surface area contributed by atoms with Crippen molar-refractivity contribution >= 4 is 30.0 Å². The lowest BCUT2D eigenvalue weighted by Gasteiger charge is -2.46. The number of hydrogen-bond donors (Lipinski definition) is 3. The molecule has 0 aromatic carbocycles. The normalized spacial score (nSPS) is 20.3. The van der Waals surface area contributed by atoms with Crippen LogP contribution in [0.1, 0.15) is 53.4 Å². The molecule has 0 bridgehead atoms. The van der Waals surface area contributed by atoms with E-state index in [1.807, 2.05) is 0 Å². The van der Waals surface area contributed by atoms with Gasteiger partial charge in [0.25, 0.3) is 0 Å². The summed E-state index contributed by atoms with van der Waals surface area (Å²) in [5.41, 5.74) is 10.5. The minimum absolute atomic E-state index is 0.0742. The van der Waals surface area contributed by atoms with Crippen molar-refractivity contribution in [2.24, 2.45) is 34.2 Å². The Morgan fingerprint density at radius 3 is 2.06 bits per heavy atom. The van der Waals surface area contributed by atoms with Crippen LogP contribution in [0.15, 0.2) is 4.99 Å². The van der Waals surface area contributed by atoms with E-state index in [1.54, 1.807) is 4.90 Å². The Morgan fingerprint density at radius 2 is 1.57 bits per heavy atom. The van der Waals surface area contributed by atoms with Crippen LogP contribution in [0.3, 0.4) is 0 Å². The van der Waals surface area contributed by atoms with Crippen molar-refractivity contribution in [2.45, 2.75) is 65.5 Å². The summed E-state index contributed by atoms with van der Waals surface area (Å²) in [5, 5.41) is 9.61. The zero-order valence-corrected chi connectivity index (χ0v) is 21.2. The number of urea groups is 1. The van der Waals surface area contributed by atoms with Gasteiger partial charge in [0.2, 0.25) is 5.91 Å². The molecule has 2 fully saturated rings. The Hall–Kier alpha value is -3.05. The molecule has 35 heavy (non-hydrogen) atoms. The third-order valence-corrected chi connectivity index (χ3v) is 6.19. The lowest BCUT2D eigenvalue weighted by molar-refractivity contribution is -0.167. The summed E-state index contributed by atoms with van der Waals surface area (Å²) in [4.78, 5) is 57.6. The number of aliphatic imine (C=N–C) groups is 1. The van der Waals surface area contributed by atoms with Crippen LogP contribution in [-0.4, -0.2) is 94.6 Å². The number of amides is 4. The molecule has 12 heteroatoms. The van der Waals surface area contributed by atoms with Crippen LogP contribution in [0.4, 0.5) is 9.59 Å². The van der Waals surface area contributed by atoms with Crippen LogP contribution in [0, 0.1) is 17.8 Å². The molecule has 0 saturated carbocycles. The van der Waals surface area contributed by atoms with Gasteiger partial charge in [0.1, 0.15) is 6.10 Å². The molecule has 0 radical (unpaired) electrons. The summed E-state index contributed by atoms with van der Waals surface area (Å²) in [5.74, 6) is -1.82. The van der Waals surface area contributed by atoms with Crippen molar-refractivity contribution in [3.05, 3.63) is 0 Å². The minimum Gasteiger partial charge on any atom is -0.480 e. The van der Waals surface area contributed by atoms with E-state index in [9.17, 15) is 24.3 Å². The van der Waals surface area contributed by atoms with E-state index in [0.717, 1.165) is 17.7 Å². The molecule has 0 spiro atoms. The van der Waals surface area contributed by atoms with Gasteiger partial charge in [-0.25, -0.2) is 19.3 Å². The maximum Gasteiger partial charge on any atom is 0.410 e. The summed E-state index contributed by atoms with van der Waals surface area (Å²) >= 11 is 0. The fraction of sp³-hybridized carbons (Fsp3) is 0.783. The number of rotatable bonds is 10. The topological polar surface area (TPSA) is 172 Å². The number of nitrogens with two attached hydrogens (primary N) is 2. The highest BCUT2D eigenvalue weighted by Crippen LogP contribution is 2.32. The first-order chi connectivity index (χ1) is 16.4. The van der Waals surface area contributed by atoms with Gasteiger partial charge in [-0.3, -0.25) is 9.79 Å². The van der Waals surface area contributed by atoms with Crippen LogP contribution < -0.4 is 11.5 Å². The first-order valence-electron chi connectivity index (χ1n) is 12.3. The maximum absolute atomic E-state index is 12.9. The largest absolute Gasteiger partial charge is 0.480 e. The molecular formula is C23H40N6O6. The van der Waals surface area contributed by atoms with Gasteiger partial charge in [-0.2, -0.15) is 0 Å². The van der Waals surface area contributed by atoms with E-state index in [-0.39, 0.29) is 51.2 Å². The fourth-order valence-electron chi connectivity index (χ4n) is 4.54. The zero-order chi connectivity index (χ0) is 26.3. The quantitative estimate of drug-likeness (QED) is 0.176. The lowest BCUT2D eigenvalue weighted by Crippen LogP contribution is -2.69. The molecule has 2 aliphatic heterocycles.